The van der Waals surface area contributed by atoms with Crippen LogP contribution in [0.5, 0.6) is 0 Å². The molecular formula is C21H25BrN2O4S. The molecule has 1 fully saturated rings. The lowest BCUT2D eigenvalue weighted by molar-refractivity contribution is -0.133. The largest absolute Gasteiger partial charge is 0.391 e. The molecule has 3 rings (SSSR count). The number of sulfonamides is 1. The Morgan fingerprint density at radius 3 is 2.45 bits per heavy atom. The third-order valence-corrected chi connectivity index (χ3v) is 7.57. The van der Waals surface area contributed by atoms with Crippen LogP contribution in [0.1, 0.15) is 25.7 Å². The summed E-state index contributed by atoms with van der Waals surface area (Å²) in [5.41, 5.74) is 0.397. The van der Waals surface area contributed by atoms with Gasteiger partial charge >= 0.3 is 0 Å². The summed E-state index contributed by atoms with van der Waals surface area (Å²) in [6.45, 7) is -0.340. The number of halogens is 1. The predicted molar refractivity (Wildman–Crippen MR) is 116 cm³/mol. The van der Waals surface area contributed by atoms with E-state index < -0.39 is 16.1 Å². The van der Waals surface area contributed by atoms with E-state index in [0.717, 1.165) is 17.1 Å². The van der Waals surface area contributed by atoms with E-state index >= 15 is 0 Å². The average molecular weight is 481 g/mol. The highest BCUT2D eigenvalue weighted by atomic mass is 79.9. The maximum absolute atomic E-state index is 13.3. The molecule has 0 bridgehead atoms. The number of rotatable bonds is 6. The minimum atomic E-state index is -3.94. The van der Waals surface area contributed by atoms with Gasteiger partial charge in [0, 0.05) is 11.5 Å². The quantitative estimate of drug-likeness (QED) is 0.686. The summed E-state index contributed by atoms with van der Waals surface area (Å²) in [5, 5.41) is 10.3. The fraction of sp³-hybridized carbons (Fsp3) is 0.381. The van der Waals surface area contributed by atoms with Crippen molar-refractivity contribution in [1.82, 2.24) is 4.90 Å². The van der Waals surface area contributed by atoms with Crippen LogP contribution in [0.4, 0.5) is 5.69 Å². The monoisotopic (exact) mass is 480 g/mol. The van der Waals surface area contributed by atoms with Crippen molar-refractivity contribution in [3.8, 4) is 0 Å². The van der Waals surface area contributed by atoms with E-state index in [-0.39, 0.29) is 23.4 Å². The highest BCUT2D eigenvalue weighted by molar-refractivity contribution is 9.10. The number of aliphatic hydroxyl groups excluding tert-OH is 1. The highest BCUT2D eigenvalue weighted by Crippen LogP contribution is 2.27. The Hall–Kier alpha value is -1.90. The molecule has 6 nitrogen and oxygen atoms in total. The number of amides is 1. The first kappa shape index (κ1) is 21.8. The van der Waals surface area contributed by atoms with Crippen LogP contribution in [0.3, 0.4) is 0 Å². The van der Waals surface area contributed by atoms with E-state index in [4.69, 9.17) is 0 Å². The summed E-state index contributed by atoms with van der Waals surface area (Å²) in [6.07, 6.45) is 2.66. The Balaban J connectivity index is 1.92. The topological polar surface area (TPSA) is 77.9 Å². The fourth-order valence-corrected chi connectivity index (χ4v) is 5.44. The van der Waals surface area contributed by atoms with Crippen LogP contribution in [0, 0.1) is 0 Å². The summed E-state index contributed by atoms with van der Waals surface area (Å²) in [6, 6.07) is 14.6. The molecule has 0 aromatic heterocycles. The SMILES string of the molecule is CN(C(=O)CN(c1cccc(Br)c1)S(=O)(=O)c1ccccc1)C1CCCCC1O. The van der Waals surface area contributed by atoms with Gasteiger partial charge in [-0.2, -0.15) is 0 Å². The molecule has 2 unspecified atom stereocenters. The predicted octanol–water partition coefficient (Wildman–Crippen LogP) is 3.41. The van der Waals surface area contributed by atoms with Crippen molar-refractivity contribution in [3.63, 3.8) is 0 Å². The van der Waals surface area contributed by atoms with Crippen molar-refractivity contribution in [2.24, 2.45) is 0 Å². The molecule has 0 heterocycles. The van der Waals surface area contributed by atoms with Crippen molar-refractivity contribution in [3.05, 3.63) is 59.1 Å². The fourth-order valence-electron chi connectivity index (χ4n) is 3.63. The van der Waals surface area contributed by atoms with Gasteiger partial charge in [-0.05, 0) is 43.2 Å². The summed E-state index contributed by atoms with van der Waals surface area (Å²) < 4.78 is 28.5. The molecule has 0 saturated heterocycles. The number of hydrogen-bond acceptors (Lipinski definition) is 4. The lowest BCUT2D eigenvalue weighted by atomic mass is 9.91. The van der Waals surface area contributed by atoms with Crippen molar-refractivity contribution in [2.45, 2.75) is 42.7 Å². The molecule has 29 heavy (non-hydrogen) atoms. The van der Waals surface area contributed by atoms with Crippen LogP contribution in [-0.2, 0) is 14.8 Å². The second-order valence-corrected chi connectivity index (χ2v) is 10.0. The Morgan fingerprint density at radius 2 is 1.79 bits per heavy atom. The number of carbonyl (C=O) groups is 1. The van der Waals surface area contributed by atoms with E-state index in [9.17, 15) is 18.3 Å². The van der Waals surface area contributed by atoms with Crippen molar-refractivity contribution < 1.29 is 18.3 Å². The number of likely N-dealkylation sites (N-methyl/N-ethyl adjacent to an activating group) is 1. The van der Waals surface area contributed by atoms with Gasteiger partial charge in [0.1, 0.15) is 6.54 Å². The lowest BCUT2D eigenvalue weighted by Gasteiger charge is -2.36. The molecule has 2 aromatic carbocycles. The van der Waals surface area contributed by atoms with Crippen LogP contribution in [0.2, 0.25) is 0 Å². The second kappa shape index (κ2) is 9.28. The van der Waals surface area contributed by atoms with Gasteiger partial charge in [-0.3, -0.25) is 9.10 Å². The van der Waals surface area contributed by atoms with Gasteiger partial charge < -0.3 is 10.0 Å². The third-order valence-electron chi connectivity index (χ3n) is 5.29. The molecule has 0 spiro atoms. The van der Waals surface area contributed by atoms with Crippen LogP contribution >= 0.6 is 15.9 Å². The average Bonchev–Trinajstić information content (AvgIpc) is 2.72. The Kier molecular flexibility index (Phi) is 6.97. The maximum Gasteiger partial charge on any atom is 0.264 e. The van der Waals surface area contributed by atoms with E-state index in [1.165, 1.54) is 17.0 Å². The van der Waals surface area contributed by atoms with E-state index in [2.05, 4.69) is 15.9 Å². The molecule has 2 atom stereocenters. The first-order valence-corrected chi connectivity index (χ1v) is 11.8. The Bertz CT molecular complexity index is 952. The normalized spacial score (nSPS) is 19.6. The minimum Gasteiger partial charge on any atom is -0.391 e. The maximum atomic E-state index is 13.3. The molecule has 2 aromatic rings. The number of hydrogen-bond donors (Lipinski definition) is 1. The van der Waals surface area contributed by atoms with Crippen LogP contribution in [-0.4, -0.2) is 50.1 Å². The zero-order valence-corrected chi connectivity index (χ0v) is 18.6. The number of aliphatic hydroxyl groups is 1. The van der Waals surface area contributed by atoms with Gasteiger partial charge in [0.2, 0.25) is 5.91 Å². The van der Waals surface area contributed by atoms with Crippen LogP contribution < -0.4 is 4.31 Å². The molecule has 0 radical (unpaired) electrons. The number of nitrogens with zero attached hydrogens (tertiary/aromatic N) is 2. The summed E-state index contributed by atoms with van der Waals surface area (Å²) in [5.74, 6) is -0.351. The molecular weight excluding hydrogens is 456 g/mol. The van der Waals surface area contributed by atoms with Gasteiger partial charge in [0.05, 0.1) is 22.7 Å². The van der Waals surface area contributed by atoms with Crippen molar-refractivity contribution in [1.29, 1.82) is 0 Å². The minimum absolute atomic E-state index is 0.119. The Labute approximate surface area is 180 Å². The van der Waals surface area contributed by atoms with Crippen molar-refractivity contribution >= 4 is 37.5 Å². The molecule has 1 saturated carbocycles. The molecule has 1 amide bonds. The van der Waals surface area contributed by atoms with Gasteiger partial charge in [-0.25, -0.2) is 8.42 Å². The van der Waals surface area contributed by atoms with Gasteiger partial charge in [-0.1, -0.05) is 53.0 Å². The van der Waals surface area contributed by atoms with Crippen LogP contribution in [0.25, 0.3) is 0 Å². The Morgan fingerprint density at radius 1 is 1.10 bits per heavy atom. The highest BCUT2D eigenvalue weighted by Gasteiger charge is 2.33. The number of anilines is 1. The summed E-state index contributed by atoms with van der Waals surface area (Å²) >= 11 is 3.37. The second-order valence-electron chi connectivity index (χ2n) is 7.23. The summed E-state index contributed by atoms with van der Waals surface area (Å²) in [4.78, 5) is 14.6. The molecule has 8 heteroatoms. The number of benzene rings is 2. The number of carbonyl (C=O) groups excluding carboxylic acids is 1. The molecule has 1 aliphatic carbocycles. The van der Waals surface area contributed by atoms with Gasteiger partial charge in [0.25, 0.3) is 10.0 Å². The molecule has 1 N–H and O–H groups in total. The summed E-state index contributed by atoms with van der Waals surface area (Å²) in [7, 11) is -2.31. The standard InChI is InChI=1S/C21H25BrN2O4S/c1-23(19-12-5-6-13-20(19)25)21(26)15-24(17-9-7-8-16(22)14-17)29(27,28)18-10-3-2-4-11-18/h2-4,7-11,14,19-20,25H,5-6,12-13,15H2,1H3. The lowest BCUT2D eigenvalue weighted by Crippen LogP contribution is -2.50. The smallest absolute Gasteiger partial charge is 0.264 e. The van der Waals surface area contributed by atoms with Gasteiger partial charge in [-0.15, -0.1) is 0 Å². The van der Waals surface area contributed by atoms with Crippen molar-refractivity contribution in [2.75, 3.05) is 17.9 Å². The van der Waals surface area contributed by atoms with Crippen LogP contribution in [0.15, 0.2) is 64.0 Å². The van der Waals surface area contributed by atoms with Gasteiger partial charge in [0.15, 0.2) is 0 Å². The zero-order valence-electron chi connectivity index (χ0n) is 16.2. The van der Waals surface area contributed by atoms with E-state index in [1.807, 2.05) is 0 Å². The molecule has 0 aliphatic heterocycles. The van der Waals surface area contributed by atoms with E-state index in [0.29, 0.717) is 23.0 Å². The molecule has 1 aliphatic rings. The first-order chi connectivity index (χ1) is 13.8. The zero-order chi connectivity index (χ0) is 21.0. The van der Waals surface area contributed by atoms with E-state index in [1.54, 1.807) is 49.5 Å². The molecule has 156 valence electrons. The third kappa shape index (κ3) is 4.99. The first-order valence-electron chi connectivity index (χ1n) is 9.58.